The Morgan fingerprint density at radius 3 is 2.00 bits per heavy atom. The van der Waals surface area contributed by atoms with Crippen molar-refractivity contribution in [3.63, 3.8) is 0 Å². The molecule has 1 aliphatic rings. The summed E-state index contributed by atoms with van der Waals surface area (Å²) in [5.74, 6) is -0.0984. The standard InChI is InChI=1S/C33H29N3O3S/c1-2-22-13-17-25(18-14-22)40(38,39)36-29-20-16-24-9-4-6-11-27(24)32(29)31-26-10-5-3-8-23(26)15-19-28(31)35-33(37)30-12-7-21-34-30/h2-6,8-11,13-20,30,34,36H,1,7,12,21H2,(H,35,37)/t30-/m0/s1. The van der Waals surface area contributed by atoms with Gasteiger partial charge in [0.1, 0.15) is 0 Å². The van der Waals surface area contributed by atoms with Crippen molar-refractivity contribution in [1.82, 2.24) is 5.32 Å². The van der Waals surface area contributed by atoms with Gasteiger partial charge in [0.2, 0.25) is 5.91 Å². The monoisotopic (exact) mass is 547 g/mol. The van der Waals surface area contributed by atoms with Crippen molar-refractivity contribution in [2.24, 2.45) is 0 Å². The molecule has 1 saturated heterocycles. The Labute approximate surface area is 233 Å². The fourth-order valence-corrected chi connectivity index (χ4v) is 6.46. The van der Waals surface area contributed by atoms with Crippen LogP contribution in [0.25, 0.3) is 38.7 Å². The lowest BCUT2D eigenvalue weighted by Crippen LogP contribution is -2.35. The van der Waals surface area contributed by atoms with E-state index in [2.05, 4.69) is 21.9 Å². The van der Waals surface area contributed by atoms with Crippen LogP contribution in [0.2, 0.25) is 0 Å². The first-order chi connectivity index (χ1) is 19.4. The molecule has 0 aliphatic carbocycles. The fraction of sp³-hybridized carbons (Fsp3) is 0.121. The molecule has 1 fully saturated rings. The highest BCUT2D eigenvalue weighted by Crippen LogP contribution is 2.44. The van der Waals surface area contributed by atoms with Crippen LogP contribution in [-0.2, 0) is 14.8 Å². The first-order valence-electron chi connectivity index (χ1n) is 13.3. The second kappa shape index (κ2) is 10.6. The molecule has 0 saturated carbocycles. The van der Waals surface area contributed by atoms with E-state index in [1.807, 2.05) is 66.7 Å². The Kier molecular flexibility index (Phi) is 6.84. The van der Waals surface area contributed by atoms with Crippen molar-refractivity contribution in [2.45, 2.75) is 23.8 Å². The van der Waals surface area contributed by atoms with E-state index in [-0.39, 0.29) is 16.8 Å². The van der Waals surface area contributed by atoms with E-state index in [1.54, 1.807) is 36.4 Å². The molecule has 5 aromatic carbocycles. The highest BCUT2D eigenvalue weighted by molar-refractivity contribution is 7.92. The highest BCUT2D eigenvalue weighted by atomic mass is 32.2. The van der Waals surface area contributed by atoms with Crippen LogP contribution in [0.5, 0.6) is 0 Å². The zero-order chi connectivity index (χ0) is 27.7. The smallest absolute Gasteiger partial charge is 0.261 e. The molecule has 0 aromatic heterocycles. The zero-order valence-corrected chi connectivity index (χ0v) is 22.7. The topological polar surface area (TPSA) is 87.3 Å². The minimum Gasteiger partial charge on any atom is -0.324 e. The maximum atomic E-state index is 13.6. The van der Waals surface area contributed by atoms with E-state index in [0.29, 0.717) is 16.9 Å². The lowest BCUT2D eigenvalue weighted by molar-refractivity contribution is -0.117. The first kappa shape index (κ1) is 25.8. The second-order valence-corrected chi connectivity index (χ2v) is 11.6. The average molecular weight is 548 g/mol. The normalized spacial score (nSPS) is 15.2. The van der Waals surface area contributed by atoms with E-state index < -0.39 is 10.0 Å². The molecule has 40 heavy (non-hydrogen) atoms. The highest BCUT2D eigenvalue weighted by Gasteiger charge is 2.25. The molecular formula is C33H29N3O3S. The molecule has 7 heteroatoms. The molecule has 1 amide bonds. The van der Waals surface area contributed by atoms with Crippen molar-refractivity contribution in [1.29, 1.82) is 0 Å². The number of benzene rings is 5. The van der Waals surface area contributed by atoms with Crippen molar-refractivity contribution in [3.8, 4) is 11.1 Å². The number of amides is 1. The molecule has 6 rings (SSSR count). The Morgan fingerprint density at radius 1 is 0.800 bits per heavy atom. The van der Waals surface area contributed by atoms with Gasteiger partial charge < -0.3 is 10.6 Å². The van der Waals surface area contributed by atoms with Crippen LogP contribution in [0.15, 0.2) is 109 Å². The van der Waals surface area contributed by atoms with Gasteiger partial charge in [-0.2, -0.15) is 0 Å². The summed E-state index contributed by atoms with van der Waals surface area (Å²) in [6.07, 6.45) is 3.40. The van der Waals surface area contributed by atoms with E-state index in [9.17, 15) is 13.2 Å². The van der Waals surface area contributed by atoms with E-state index in [1.165, 1.54) is 0 Å². The van der Waals surface area contributed by atoms with Gasteiger partial charge in [0.05, 0.1) is 16.6 Å². The summed E-state index contributed by atoms with van der Waals surface area (Å²) in [4.78, 5) is 13.4. The van der Waals surface area contributed by atoms with Crippen LogP contribution in [0.4, 0.5) is 11.4 Å². The third-order valence-electron chi connectivity index (χ3n) is 7.41. The lowest BCUT2D eigenvalue weighted by atomic mass is 9.91. The lowest BCUT2D eigenvalue weighted by Gasteiger charge is -2.21. The van der Waals surface area contributed by atoms with Gasteiger partial charge in [-0.05, 0) is 70.8 Å². The first-order valence-corrected chi connectivity index (χ1v) is 14.8. The van der Waals surface area contributed by atoms with E-state index >= 15 is 0 Å². The molecule has 3 N–H and O–H groups in total. The van der Waals surface area contributed by atoms with E-state index in [4.69, 9.17) is 0 Å². The number of nitrogens with one attached hydrogen (secondary N) is 3. The molecule has 0 spiro atoms. The van der Waals surface area contributed by atoms with Gasteiger partial charge in [0, 0.05) is 16.8 Å². The van der Waals surface area contributed by atoms with Crippen molar-refractivity contribution in [2.75, 3.05) is 16.6 Å². The Hall–Kier alpha value is -4.46. The molecule has 5 aromatic rings. The molecule has 6 nitrogen and oxygen atoms in total. The summed E-state index contributed by atoms with van der Waals surface area (Å²) in [6, 6.07) is 29.7. The fourth-order valence-electron chi connectivity index (χ4n) is 5.39. The summed E-state index contributed by atoms with van der Waals surface area (Å²) < 4.78 is 30.1. The van der Waals surface area contributed by atoms with Gasteiger partial charge in [-0.15, -0.1) is 0 Å². The van der Waals surface area contributed by atoms with Crippen LogP contribution >= 0.6 is 0 Å². The zero-order valence-electron chi connectivity index (χ0n) is 21.9. The number of hydrogen-bond donors (Lipinski definition) is 3. The van der Waals surface area contributed by atoms with E-state index in [0.717, 1.165) is 52.1 Å². The molecule has 1 heterocycles. The minimum atomic E-state index is -3.92. The van der Waals surface area contributed by atoms with Crippen LogP contribution in [-0.4, -0.2) is 26.9 Å². The number of carbonyl (C=O) groups excluding carboxylic acids is 1. The third-order valence-corrected chi connectivity index (χ3v) is 8.79. The molecule has 1 aliphatic heterocycles. The SMILES string of the molecule is C=Cc1ccc(S(=O)(=O)Nc2ccc3ccccc3c2-c2c(NC(=O)[C@@H]3CCCN3)ccc3ccccc23)cc1. The number of fused-ring (bicyclic) bond motifs is 2. The molecular weight excluding hydrogens is 518 g/mol. The minimum absolute atomic E-state index is 0.0984. The van der Waals surface area contributed by atoms with Crippen LogP contribution < -0.4 is 15.4 Å². The van der Waals surface area contributed by atoms with Gasteiger partial charge in [0.25, 0.3) is 10.0 Å². The maximum absolute atomic E-state index is 13.6. The number of rotatable bonds is 7. The molecule has 0 bridgehead atoms. The van der Waals surface area contributed by atoms with Crippen molar-refractivity contribution in [3.05, 3.63) is 109 Å². The number of hydrogen-bond acceptors (Lipinski definition) is 4. The summed E-state index contributed by atoms with van der Waals surface area (Å²) in [6.45, 7) is 4.56. The Morgan fingerprint density at radius 2 is 1.40 bits per heavy atom. The van der Waals surface area contributed by atoms with Gasteiger partial charge in [-0.3, -0.25) is 9.52 Å². The Balaban J connectivity index is 1.56. The molecule has 0 unspecified atom stereocenters. The van der Waals surface area contributed by atoms with Gasteiger partial charge >= 0.3 is 0 Å². The van der Waals surface area contributed by atoms with Gasteiger partial charge in [-0.1, -0.05) is 85.5 Å². The van der Waals surface area contributed by atoms with Crippen molar-refractivity contribution < 1.29 is 13.2 Å². The predicted octanol–water partition coefficient (Wildman–Crippen LogP) is 6.79. The number of carbonyl (C=O) groups is 1. The van der Waals surface area contributed by atoms with Gasteiger partial charge in [-0.25, -0.2) is 8.42 Å². The number of anilines is 2. The van der Waals surface area contributed by atoms with Crippen molar-refractivity contribution >= 4 is 54.9 Å². The number of sulfonamides is 1. The van der Waals surface area contributed by atoms with Gasteiger partial charge in [0.15, 0.2) is 0 Å². The summed E-state index contributed by atoms with van der Waals surface area (Å²) in [5.41, 5.74) is 3.36. The Bertz CT molecular complexity index is 1860. The van der Waals surface area contributed by atoms with Crippen LogP contribution in [0.3, 0.4) is 0 Å². The summed E-state index contributed by atoms with van der Waals surface area (Å²) >= 11 is 0. The second-order valence-electron chi connectivity index (χ2n) is 9.94. The molecule has 1 atom stereocenters. The largest absolute Gasteiger partial charge is 0.324 e. The maximum Gasteiger partial charge on any atom is 0.261 e. The van der Waals surface area contributed by atoms with Crippen LogP contribution in [0, 0.1) is 0 Å². The summed E-state index contributed by atoms with van der Waals surface area (Å²) in [7, 11) is -3.92. The third kappa shape index (κ3) is 4.85. The van der Waals surface area contributed by atoms with Crippen LogP contribution in [0.1, 0.15) is 18.4 Å². The predicted molar refractivity (Wildman–Crippen MR) is 164 cm³/mol. The molecule has 200 valence electrons. The summed E-state index contributed by atoms with van der Waals surface area (Å²) in [5, 5.41) is 10.1. The quantitative estimate of drug-likeness (QED) is 0.209. The average Bonchev–Trinajstić information content (AvgIpc) is 3.53. The molecule has 0 radical (unpaired) electrons.